The number of anilines is 1. The minimum absolute atomic E-state index is 0.0319. The van der Waals surface area contributed by atoms with E-state index in [1.54, 1.807) is 19.1 Å². The number of aromatic nitrogens is 2. The summed E-state index contributed by atoms with van der Waals surface area (Å²) in [7, 11) is 0. The number of nitrogens with two attached hydrogens (primary N) is 1. The predicted molar refractivity (Wildman–Crippen MR) is 101 cm³/mol. The summed E-state index contributed by atoms with van der Waals surface area (Å²) in [6, 6.07) is 6.37. The first-order chi connectivity index (χ1) is 13.9. The zero-order valence-electron chi connectivity index (χ0n) is 15.3. The normalized spacial score (nSPS) is 12.7. The van der Waals surface area contributed by atoms with E-state index in [9.17, 15) is 19.2 Å². The van der Waals surface area contributed by atoms with Gasteiger partial charge < -0.3 is 15.2 Å². The van der Waals surface area contributed by atoms with Crippen molar-refractivity contribution in [3.8, 4) is 0 Å². The number of hydrogen-bond acceptors (Lipinski definition) is 10. The number of carbonyl (C=O) groups is 4. The lowest BCUT2D eigenvalue weighted by atomic mass is 10.1. The number of amides is 2. The van der Waals surface area contributed by atoms with E-state index in [2.05, 4.69) is 9.97 Å². The Morgan fingerprint density at radius 3 is 2.38 bits per heavy atom. The monoisotopic (exact) mass is 416 g/mol. The molecule has 0 unspecified atom stereocenters. The van der Waals surface area contributed by atoms with Gasteiger partial charge in [-0.15, -0.1) is 0 Å². The zero-order valence-corrected chi connectivity index (χ0v) is 16.1. The third kappa shape index (κ3) is 4.35. The Morgan fingerprint density at radius 2 is 1.79 bits per heavy atom. The Kier molecular flexibility index (Phi) is 6.07. The number of thioether (sulfide) groups is 1. The highest BCUT2D eigenvalue weighted by molar-refractivity contribution is 7.99. The molecule has 0 fully saturated rings. The molecule has 11 heteroatoms. The first-order valence-corrected chi connectivity index (χ1v) is 9.44. The maximum absolute atomic E-state index is 12.2. The lowest BCUT2D eigenvalue weighted by Gasteiger charge is -2.13. The molecule has 10 nitrogen and oxygen atoms in total. The number of fused-ring (bicyclic) bond motifs is 1. The third-order valence-electron chi connectivity index (χ3n) is 3.84. The number of nitrogen functional groups attached to an aromatic ring is 1. The number of rotatable bonds is 7. The fraction of sp³-hybridized carbons (Fsp3) is 0.222. The van der Waals surface area contributed by atoms with Gasteiger partial charge in [-0.05, 0) is 19.1 Å². The highest BCUT2D eigenvalue weighted by atomic mass is 32.2. The molecule has 0 radical (unpaired) electrons. The van der Waals surface area contributed by atoms with Crippen LogP contribution < -0.4 is 5.73 Å². The van der Waals surface area contributed by atoms with Crippen molar-refractivity contribution in [1.29, 1.82) is 0 Å². The van der Waals surface area contributed by atoms with E-state index in [-0.39, 0.29) is 40.0 Å². The lowest BCUT2D eigenvalue weighted by Crippen LogP contribution is -2.33. The van der Waals surface area contributed by atoms with Crippen LogP contribution in [0.15, 0.2) is 35.6 Å². The molecule has 0 bridgehead atoms. The van der Waals surface area contributed by atoms with E-state index in [1.165, 1.54) is 18.3 Å². The first kappa shape index (κ1) is 20.3. The number of nitrogens with zero attached hydrogens (tertiary/aromatic N) is 3. The summed E-state index contributed by atoms with van der Waals surface area (Å²) in [5.41, 5.74) is 6.28. The van der Waals surface area contributed by atoms with Gasteiger partial charge in [0.2, 0.25) is 0 Å². The van der Waals surface area contributed by atoms with Crippen LogP contribution in [-0.2, 0) is 14.3 Å². The molecule has 1 aliphatic rings. The highest BCUT2D eigenvalue weighted by Gasteiger charge is 2.35. The molecular weight excluding hydrogens is 400 g/mol. The molecule has 0 atom stereocenters. The average molecular weight is 416 g/mol. The van der Waals surface area contributed by atoms with Crippen LogP contribution in [0.25, 0.3) is 0 Å². The smallest absolute Gasteiger partial charge is 0.343 e. The molecule has 2 aromatic rings. The summed E-state index contributed by atoms with van der Waals surface area (Å²) in [5, 5.41) is 0.160. The molecule has 0 saturated carbocycles. The number of carbonyl (C=O) groups excluding carboxylic acids is 4. The van der Waals surface area contributed by atoms with E-state index in [1.807, 2.05) is 0 Å². The second kappa shape index (κ2) is 8.69. The Hall–Kier alpha value is -3.47. The Bertz CT molecular complexity index is 961. The molecule has 150 valence electrons. The van der Waals surface area contributed by atoms with Gasteiger partial charge in [0.15, 0.2) is 11.9 Å². The quantitative estimate of drug-likeness (QED) is 0.302. The van der Waals surface area contributed by atoms with Crippen LogP contribution in [0.5, 0.6) is 0 Å². The molecule has 1 aromatic heterocycles. The summed E-state index contributed by atoms with van der Waals surface area (Å²) >= 11 is 0.931. The summed E-state index contributed by atoms with van der Waals surface area (Å²) < 4.78 is 9.84. The van der Waals surface area contributed by atoms with E-state index >= 15 is 0 Å². The van der Waals surface area contributed by atoms with Crippen molar-refractivity contribution in [1.82, 2.24) is 14.9 Å². The maximum atomic E-state index is 12.2. The molecule has 1 aromatic carbocycles. The van der Waals surface area contributed by atoms with Crippen LogP contribution >= 0.6 is 11.8 Å². The van der Waals surface area contributed by atoms with Crippen molar-refractivity contribution in [2.24, 2.45) is 0 Å². The highest BCUT2D eigenvalue weighted by Crippen LogP contribution is 2.22. The Morgan fingerprint density at radius 1 is 1.14 bits per heavy atom. The molecule has 29 heavy (non-hydrogen) atoms. The first-order valence-electron chi connectivity index (χ1n) is 8.45. The van der Waals surface area contributed by atoms with E-state index < -0.39 is 30.5 Å². The third-order valence-corrected chi connectivity index (χ3v) is 4.68. The SMILES string of the molecule is CCOC(=O)c1cnc(SCC(=O)OCN2C(=O)c3ccccc3C2=O)nc1N. The lowest BCUT2D eigenvalue weighted by molar-refractivity contribution is -0.143. The zero-order chi connectivity index (χ0) is 21.0. The number of imide groups is 1. The van der Waals surface area contributed by atoms with Crippen LogP contribution in [0.3, 0.4) is 0 Å². The molecular formula is C18H16N4O6S. The molecule has 3 rings (SSSR count). The second-order valence-electron chi connectivity index (χ2n) is 5.69. The van der Waals surface area contributed by atoms with Crippen LogP contribution in [0.2, 0.25) is 0 Å². The number of ether oxygens (including phenoxy) is 2. The molecule has 0 spiro atoms. The molecule has 2 N–H and O–H groups in total. The fourth-order valence-corrected chi connectivity index (χ4v) is 3.09. The van der Waals surface area contributed by atoms with Gasteiger partial charge in [0.1, 0.15) is 11.4 Å². The Labute approximate surface area is 169 Å². The molecule has 2 heterocycles. The van der Waals surface area contributed by atoms with Crippen molar-refractivity contribution in [3.05, 3.63) is 47.2 Å². The summed E-state index contributed by atoms with van der Waals surface area (Å²) in [5.74, 6) is -2.60. The number of hydrogen-bond donors (Lipinski definition) is 1. The van der Waals surface area contributed by atoms with Crippen molar-refractivity contribution in [2.45, 2.75) is 12.1 Å². The summed E-state index contributed by atoms with van der Waals surface area (Å²) in [6.07, 6.45) is 1.22. The van der Waals surface area contributed by atoms with Gasteiger partial charge in [-0.25, -0.2) is 19.7 Å². The van der Waals surface area contributed by atoms with Crippen molar-refractivity contribution < 1.29 is 28.7 Å². The number of esters is 2. The van der Waals surface area contributed by atoms with E-state index in [0.29, 0.717) is 0 Å². The van der Waals surface area contributed by atoms with Crippen LogP contribution in [0.1, 0.15) is 38.0 Å². The van der Waals surface area contributed by atoms with Gasteiger partial charge in [0.05, 0.1) is 23.5 Å². The molecule has 0 aliphatic carbocycles. The topological polar surface area (TPSA) is 142 Å². The van der Waals surface area contributed by atoms with Gasteiger partial charge in [0, 0.05) is 6.20 Å². The predicted octanol–water partition coefficient (Wildman–Crippen LogP) is 1.12. The van der Waals surface area contributed by atoms with Crippen LogP contribution in [0.4, 0.5) is 5.82 Å². The molecule has 0 saturated heterocycles. The fourth-order valence-electron chi connectivity index (χ4n) is 2.47. The minimum atomic E-state index is -0.678. The van der Waals surface area contributed by atoms with E-state index in [4.69, 9.17) is 15.2 Å². The van der Waals surface area contributed by atoms with Crippen LogP contribution in [-0.4, -0.2) is 57.7 Å². The van der Waals surface area contributed by atoms with Crippen LogP contribution in [0, 0.1) is 0 Å². The average Bonchev–Trinajstić information content (AvgIpc) is 2.95. The Balaban J connectivity index is 1.52. The largest absolute Gasteiger partial charge is 0.462 e. The van der Waals surface area contributed by atoms with Crippen molar-refractivity contribution in [2.75, 3.05) is 24.8 Å². The van der Waals surface area contributed by atoms with Gasteiger partial charge in [-0.2, -0.15) is 0 Å². The van der Waals surface area contributed by atoms with Gasteiger partial charge in [-0.1, -0.05) is 23.9 Å². The summed E-state index contributed by atoms with van der Waals surface area (Å²) in [4.78, 5) is 56.8. The van der Waals surface area contributed by atoms with Crippen molar-refractivity contribution in [3.63, 3.8) is 0 Å². The van der Waals surface area contributed by atoms with Gasteiger partial charge in [-0.3, -0.25) is 14.4 Å². The minimum Gasteiger partial charge on any atom is -0.462 e. The van der Waals surface area contributed by atoms with Gasteiger partial charge >= 0.3 is 11.9 Å². The summed E-state index contributed by atoms with van der Waals surface area (Å²) in [6.45, 7) is 1.36. The van der Waals surface area contributed by atoms with Gasteiger partial charge in [0.25, 0.3) is 11.8 Å². The molecule has 1 aliphatic heterocycles. The molecule has 2 amide bonds. The van der Waals surface area contributed by atoms with Crippen molar-refractivity contribution >= 4 is 41.3 Å². The van der Waals surface area contributed by atoms with E-state index in [0.717, 1.165) is 16.7 Å². The number of benzene rings is 1. The second-order valence-corrected chi connectivity index (χ2v) is 6.63. The standard InChI is InChI=1S/C18H16N4O6S/c1-2-27-17(26)12-7-20-18(21-14(12)19)29-8-13(23)28-9-22-15(24)10-5-3-4-6-11(10)16(22)25/h3-7H,2,8-9H2,1H3,(H2,19,20,21). The maximum Gasteiger partial charge on any atom is 0.343 e.